The number of alkyl halides is 3. The van der Waals surface area contributed by atoms with Crippen molar-refractivity contribution in [2.75, 3.05) is 39.9 Å². The van der Waals surface area contributed by atoms with Gasteiger partial charge in [0.05, 0.1) is 7.11 Å². The lowest BCUT2D eigenvalue weighted by Gasteiger charge is -2.36. The fraction of sp³-hybridized carbons (Fsp3) is 0.588. The van der Waals surface area contributed by atoms with Gasteiger partial charge in [-0.1, -0.05) is 6.07 Å². The number of carbonyl (C=O) groups is 1. The van der Waals surface area contributed by atoms with E-state index in [1.807, 2.05) is 4.90 Å². The van der Waals surface area contributed by atoms with Crippen LogP contribution in [0, 0.1) is 5.82 Å². The zero-order valence-electron chi connectivity index (χ0n) is 14.7. The van der Waals surface area contributed by atoms with Gasteiger partial charge in [0.2, 0.25) is 0 Å². The van der Waals surface area contributed by atoms with Crippen LogP contribution < -0.4 is 4.74 Å². The van der Waals surface area contributed by atoms with Gasteiger partial charge < -0.3 is 14.4 Å². The number of piperazine rings is 1. The molecule has 1 atom stereocenters. The number of hydrogen-bond donors (Lipinski definition) is 0. The van der Waals surface area contributed by atoms with Gasteiger partial charge in [0.25, 0.3) is 5.91 Å². The average Bonchev–Trinajstić information content (AvgIpc) is 2.59. The minimum atomic E-state index is -4.46. The van der Waals surface area contributed by atoms with Crippen LogP contribution in [0.4, 0.5) is 17.6 Å². The largest absolute Gasteiger partial charge is 0.494 e. The molecule has 26 heavy (non-hydrogen) atoms. The first-order valence-corrected chi connectivity index (χ1v) is 8.21. The number of carbonyl (C=O) groups excluding carboxylic acids is 1. The van der Waals surface area contributed by atoms with E-state index in [9.17, 15) is 22.4 Å². The van der Waals surface area contributed by atoms with E-state index in [4.69, 9.17) is 4.74 Å². The summed E-state index contributed by atoms with van der Waals surface area (Å²) in [4.78, 5) is 15.7. The minimum absolute atomic E-state index is 0.178. The molecule has 2 rings (SSSR count). The fourth-order valence-corrected chi connectivity index (χ4v) is 2.74. The van der Waals surface area contributed by atoms with Gasteiger partial charge in [-0.05, 0) is 24.6 Å². The van der Waals surface area contributed by atoms with E-state index in [1.54, 1.807) is 12.1 Å². The molecule has 1 saturated heterocycles. The highest BCUT2D eigenvalue weighted by Crippen LogP contribution is 2.20. The van der Waals surface area contributed by atoms with Crippen LogP contribution in [-0.2, 0) is 16.1 Å². The third-order valence-corrected chi connectivity index (χ3v) is 4.15. The van der Waals surface area contributed by atoms with Crippen molar-refractivity contribution in [3.8, 4) is 5.75 Å². The molecular formula is C17H22F4N2O3. The van der Waals surface area contributed by atoms with E-state index in [0.717, 1.165) is 5.56 Å². The standard InChI is InChI=1S/C17H22F4N2O3/c1-12(26-11-17(19,20)21)16(24)23-7-5-22(6-8-23)10-13-3-4-15(25-2)14(18)9-13/h3-4,9,12H,5-8,10-11H2,1-2H3. The number of hydrogen-bond acceptors (Lipinski definition) is 4. The number of methoxy groups -OCH3 is 1. The van der Waals surface area contributed by atoms with Gasteiger partial charge in [0.1, 0.15) is 12.7 Å². The molecule has 0 saturated carbocycles. The fourth-order valence-electron chi connectivity index (χ4n) is 2.74. The summed E-state index contributed by atoms with van der Waals surface area (Å²) in [6.07, 6.45) is -5.60. The summed E-state index contributed by atoms with van der Waals surface area (Å²) >= 11 is 0. The molecule has 1 aliphatic rings. The monoisotopic (exact) mass is 378 g/mol. The van der Waals surface area contributed by atoms with Crippen molar-refractivity contribution in [3.05, 3.63) is 29.6 Å². The second-order valence-corrected chi connectivity index (χ2v) is 6.14. The average molecular weight is 378 g/mol. The van der Waals surface area contributed by atoms with Gasteiger partial charge in [-0.15, -0.1) is 0 Å². The molecule has 1 aromatic carbocycles. The van der Waals surface area contributed by atoms with Crippen molar-refractivity contribution in [1.29, 1.82) is 0 Å². The summed E-state index contributed by atoms with van der Waals surface area (Å²) in [6, 6.07) is 4.74. The van der Waals surface area contributed by atoms with E-state index in [-0.39, 0.29) is 5.75 Å². The van der Waals surface area contributed by atoms with Crippen molar-refractivity contribution in [2.24, 2.45) is 0 Å². The molecule has 0 radical (unpaired) electrons. The lowest BCUT2D eigenvalue weighted by molar-refractivity contribution is -0.188. The molecule has 0 N–H and O–H groups in total. The van der Waals surface area contributed by atoms with E-state index >= 15 is 0 Å². The van der Waals surface area contributed by atoms with Crippen molar-refractivity contribution < 1.29 is 31.8 Å². The van der Waals surface area contributed by atoms with Gasteiger partial charge in [0.15, 0.2) is 11.6 Å². The predicted molar refractivity (Wildman–Crippen MR) is 86.3 cm³/mol. The molecule has 1 aliphatic heterocycles. The molecule has 1 unspecified atom stereocenters. The zero-order valence-corrected chi connectivity index (χ0v) is 14.7. The van der Waals surface area contributed by atoms with E-state index in [1.165, 1.54) is 25.0 Å². The van der Waals surface area contributed by atoms with Crippen molar-refractivity contribution >= 4 is 5.91 Å². The summed E-state index contributed by atoms with van der Waals surface area (Å²) in [5, 5.41) is 0. The Balaban J connectivity index is 1.81. The van der Waals surface area contributed by atoms with Gasteiger partial charge in [-0.25, -0.2) is 4.39 Å². The molecule has 0 aliphatic carbocycles. The molecule has 0 bridgehead atoms. The van der Waals surface area contributed by atoms with Gasteiger partial charge in [-0.2, -0.15) is 13.2 Å². The number of benzene rings is 1. The number of amides is 1. The van der Waals surface area contributed by atoms with Crippen molar-refractivity contribution in [3.63, 3.8) is 0 Å². The Morgan fingerprint density at radius 1 is 1.23 bits per heavy atom. The van der Waals surface area contributed by atoms with Crippen LogP contribution in [0.15, 0.2) is 18.2 Å². The van der Waals surface area contributed by atoms with Gasteiger partial charge in [-0.3, -0.25) is 9.69 Å². The maximum atomic E-state index is 13.7. The molecule has 1 fully saturated rings. The topological polar surface area (TPSA) is 42.0 Å². The Labute approximate surface area is 149 Å². The van der Waals surface area contributed by atoms with E-state index < -0.39 is 30.6 Å². The van der Waals surface area contributed by atoms with Crippen LogP contribution in [0.1, 0.15) is 12.5 Å². The Morgan fingerprint density at radius 3 is 2.42 bits per heavy atom. The SMILES string of the molecule is COc1ccc(CN2CCN(C(=O)C(C)OCC(F)(F)F)CC2)cc1F. The molecular weight excluding hydrogens is 356 g/mol. The second-order valence-electron chi connectivity index (χ2n) is 6.14. The van der Waals surface area contributed by atoms with Crippen LogP contribution in [0.3, 0.4) is 0 Å². The molecule has 146 valence electrons. The number of nitrogens with zero attached hydrogens (tertiary/aromatic N) is 2. The zero-order chi connectivity index (χ0) is 19.3. The summed E-state index contributed by atoms with van der Waals surface area (Å²) in [5.74, 6) is -0.712. The normalized spacial score (nSPS) is 17.2. The predicted octanol–water partition coefficient (Wildman–Crippen LogP) is 2.45. The van der Waals surface area contributed by atoms with Crippen LogP contribution >= 0.6 is 0 Å². The summed E-state index contributed by atoms with van der Waals surface area (Å²) in [6.45, 7) is 2.26. The number of ether oxygens (including phenoxy) is 2. The summed E-state index contributed by atoms with van der Waals surface area (Å²) in [5.41, 5.74) is 0.782. The molecule has 1 heterocycles. The van der Waals surface area contributed by atoms with Crippen LogP contribution in [0.5, 0.6) is 5.75 Å². The third kappa shape index (κ3) is 5.84. The quantitative estimate of drug-likeness (QED) is 0.714. The first-order valence-electron chi connectivity index (χ1n) is 8.21. The van der Waals surface area contributed by atoms with E-state index in [0.29, 0.717) is 32.7 Å². The van der Waals surface area contributed by atoms with E-state index in [2.05, 4.69) is 4.74 Å². The Bertz CT molecular complexity index is 617. The molecule has 0 spiro atoms. The molecule has 1 amide bonds. The smallest absolute Gasteiger partial charge is 0.411 e. The van der Waals surface area contributed by atoms with Gasteiger partial charge in [0, 0.05) is 32.7 Å². The second kappa shape index (κ2) is 8.68. The summed E-state index contributed by atoms with van der Waals surface area (Å²) < 4.78 is 59.7. The highest BCUT2D eigenvalue weighted by Gasteiger charge is 2.32. The third-order valence-electron chi connectivity index (χ3n) is 4.15. The lowest BCUT2D eigenvalue weighted by Crippen LogP contribution is -2.51. The maximum absolute atomic E-state index is 13.7. The highest BCUT2D eigenvalue weighted by atomic mass is 19.4. The first-order chi connectivity index (χ1) is 12.2. The Morgan fingerprint density at radius 2 is 1.88 bits per heavy atom. The van der Waals surface area contributed by atoms with Crippen molar-refractivity contribution in [2.45, 2.75) is 25.7 Å². The maximum Gasteiger partial charge on any atom is 0.411 e. The highest BCUT2D eigenvalue weighted by molar-refractivity contribution is 5.80. The van der Waals surface area contributed by atoms with Gasteiger partial charge >= 0.3 is 6.18 Å². The molecule has 5 nitrogen and oxygen atoms in total. The van der Waals surface area contributed by atoms with Crippen LogP contribution in [0.2, 0.25) is 0 Å². The molecule has 1 aromatic rings. The first kappa shape index (κ1) is 20.4. The Hall–Kier alpha value is -1.87. The Kier molecular flexibility index (Phi) is 6.82. The molecule has 0 aromatic heterocycles. The lowest BCUT2D eigenvalue weighted by atomic mass is 10.1. The minimum Gasteiger partial charge on any atom is -0.494 e. The molecule has 9 heteroatoms. The van der Waals surface area contributed by atoms with Crippen LogP contribution in [0.25, 0.3) is 0 Å². The van der Waals surface area contributed by atoms with Crippen LogP contribution in [-0.4, -0.2) is 67.9 Å². The number of rotatable bonds is 6. The summed E-state index contributed by atoms with van der Waals surface area (Å²) in [7, 11) is 1.40. The number of halogens is 4. The van der Waals surface area contributed by atoms with Crippen molar-refractivity contribution in [1.82, 2.24) is 9.80 Å².